The number of amides is 1. The quantitative estimate of drug-likeness (QED) is 0.526. The SMILES string of the molecule is Cc1ccc(/C=C/C(=O)Nc2cc(S(=O)(=O)N3CCOCC3)ccc2Oc2ccccc2)o1. The Balaban J connectivity index is 1.62. The van der Waals surface area contributed by atoms with Gasteiger partial charge in [-0.2, -0.15) is 4.31 Å². The molecule has 1 aliphatic heterocycles. The second-order valence-corrected chi connectivity index (χ2v) is 9.30. The Bertz CT molecular complexity index is 1240. The van der Waals surface area contributed by atoms with Gasteiger partial charge in [-0.1, -0.05) is 18.2 Å². The molecule has 3 aromatic rings. The van der Waals surface area contributed by atoms with Gasteiger partial charge in [0.2, 0.25) is 15.9 Å². The Kier molecular flexibility index (Phi) is 6.93. The number of furan rings is 1. The number of carbonyl (C=O) groups excluding carboxylic acids is 1. The number of morpholine rings is 1. The molecule has 1 aromatic heterocycles. The topological polar surface area (TPSA) is 98.1 Å². The molecule has 0 bridgehead atoms. The molecule has 4 rings (SSSR count). The number of rotatable bonds is 7. The van der Waals surface area contributed by atoms with Gasteiger partial charge in [-0.05, 0) is 55.5 Å². The maximum Gasteiger partial charge on any atom is 0.248 e. The van der Waals surface area contributed by atoms with E-state index >= 15 is 0 Å². The summed E-state index contributed by atoms with van der Waals surface area (Å²) >= 11 is 0. The first kappa shape index (κ1) is 22.8. The molecule has 0 radical (unpaired) electrons. The molecular formula is C24H24N2O6S. The molecule has 0 spiro atoms. The molecule has 0 atom stereocenters. The summed E-state index contributed by atoms with van der Waals surface area (Å²) in [5.41, 5.74) is 0.235. The van der Waals surface area contributed by atoms with E-state index in [4.69, 9.17) is 13.9 Å². The zero-order valence-electron chi connectivity index (χ0n) is 18.1. The number of aryl methyl sites for hydroxylation is 1. The summed E-state index contributed by atoms with van der Waals surface area (Å²) in [4.78, 5) is 12.6. The van der Waals surface area contributed by atoms with E-state index in [1.807, 2.05) is 25.1 Å². The van der Waals surface area contributed by atoms with Crippen LogP contribution in [-0.4, -0.2) is 44.9 Å². The Morgan fingerprint density at radius 3 is 2.52 bits per heavy atom. The molecule has 1 fully saturated rings. The van der Waals surface area contributed by atoms with Crippen LogP contribution in [-0.2, 0) is 19.6 Å². The van der Waals surface area contributed by atoms with Gasteiger partial charge in [0.05, 0.1) is 23.8 Å². The maximum absolute atomic E-state index is 13.1. The van der Waals surface area contributed by atoms with Gasteiger partial charge < -0.3 is 19.2 Å². The summed E-state index contributed by atoms with van der Waals surface area (Å²) in [7, 11) is -3.75. The summed E-state index contributed by atoms with van der Waals surface area (Å²) in [6, 6.07) is 17.0. The molecular weight excluding hydrogens is 444 g/mol. The van der Waals surface area contributed by atoms with Gasteiger partial charge in [0.25, 0.3) is 0 Å². The average molecular weight is 469 g/mol. The van der Waals surface area contributed by atoms with E-state index in [0.717, 1.165) is 5.76 Å². The maximum atomic E-state index is 13.1. The minimum atomic E-state index is -3.75. The molecule has 9 heteroatoms. The van der Waals surface area contributed by atoms with Crippen LogP contribution in [0.2, 0.25) is 0 Å². The minimum absolute atomic E-state index is 0.0609. The third-order valence-electron chi connectivity index (χ3n) is 4.95. The third kappa shape index (κ3) is 5.70. The summed E-state index contributed by atoms with van der Waals surface area (Å²) in [6.45, 7) is 3.05. The van der Waals surface area contributed by atoms with Crippen molar-refractivity contribution in [2.45, 2.75) is 11.8 Å². The zero-order valence-corrected chi connectivity index (χ0v) is 18.9. The number of hydrogen-bond acceptors (Lipinski definition) is 6. The Morgan fingerprint density at radius 2 is 1.82 bits per heavy atom. The lowest BCUT2D eigenvalue weighted by atomic mass is 10.2. The molecule has 1 amide bonds. The molecule has 1 N–H and O–H groups in total. The molecule has 0 aliphatic carbocycles. The van der Waals surface area contributed by atoms with Crippen molar-refractivity contribution in [2.75, 3.05) is 31.6 Å². The highest BCUT2D eigenvalue weighted by Crippen LogP contribution is 2.33. The molecule has 0 unspecified atom stereocenters. The molecule has 2 heterocycles. The lowest BCUT2D eigenvalue weighted by Gasteiger charge is -2.26. The van der Waals surface area contributed by atoms with Gasteiger partial charge in [0, 0.05) is 19.2 Å². The molecule has 8 nitrogen and oxygen atoms in total. The van der Waals surface area contributed by atoms with E-state index in [9.17, 15) is 13.2 Å². The minimum Gasteiger partial charge on any atom is -0.462 e. The van der Waals surface area contributed by atoms with E-state index in [-0.39, 0.29) is 23.7 Å². The molecule has 2 aromatic carbocycles. The number of ether oxygens (including phenoxy) is 2. The van der Waals surface area contributed by atoms with Crippen molar-refractivity contribution in [3.8, 4) is 11.5 Å². The van der Waals surface area contributed by atoms with E-state index in [1.165, 1.54) is 34.7 Å². The standard InChI is InChI=1S/C24H24N2O6S/c1-18-7-8-20(31-18)9-12-24(27)25-22-17-21(33(28,29)26-13-15-30-16-14-26)10-11-23(22)32-19-5-3-2-4-6-19/h2-12,17H,13-16H2,1H3,(H,25,27)/b12-9+. The lowest BCUT2D eigenvalue weighted by Crippen LogP contribution is -2.40. The van der Waals surface area contributed by atoms with Crippen LogP contribution in [0, 0.1) is 6.92 Å². The molecule has 172 valence electrons. The van der Waals surface area contributed by atoms with E-state index in [1.54, 1.807) is 24.3 Å². The Morgan fingerprint density at radius 1 is 1.06 bits per heavy atom. The van der Waals surface area contributed by atoms with Gasteiger partial charge in [0.15, 0.2) is 5.75 Å². The highest BCUT2D eigenvalue weighted by molar-refractivity contribution is 7.89. The van der Waals surface area contributed by atoms with Gasteiger partial charge in [-0.15, -0.1) is 0 Å². The fraction of sp³-hybridized carbons (Fsp3) is 0.208. The second-order valence-electron chi connectivity index (χ2n) is 7.36. The van der Waals surface area contributed by atoms with Crippen LogP contribution in [0.4, 0.5) is 5.69 Å². The molecule has 33 heavy (non-hydrogen) atoms. The highest BCUT2D eigenvalue weighted by Gasteiger charge is 2.27. The van der Waals surface area contributed by atoms with Crippen molar-refractivity contribution in [3.63, 3.8) is 0 Å². The van der Waals surface area contributed by atoms with Crippen LogP contribution in [0.25, 0.3) is 6.08 Å². The first-order valence-electron chi connectivity index (χ1n) is 10.4. The van der Waals surface area contributed by atoms with Crippen molar-refractivity contribution >= 4 is 27.7 Å². The fourth-order valence-electron chi connectivity index (χ4n) is 3.28. The van der Waals surface area contributed by atoms with Gasteiger partial charge in [-0.3, -0.25) is 4.79 Å². The number of para-hydroxylation sites is 1. The van der Waals surface area contributed by atoms with Gasteiger partial charge >= 0.3 is 0 Å². The number of nitrogens with zero attached hydrogens (tertiary/aromatic N) is 1. The lowest BCUT2D eigenvalue weighted by molar-refractivity contribution is -0.111. The summed E-state index contributed by atoms with van der Waals surface area (Å²) in [5, 5.41) is 2.72. The van der Waals surface area contributed by atoms with Crippen LogP contribution in [0.15, 0.2) is 76.1 Å². The van der Waals surface area contributed by atoms with E-state index < -0.39 is 15.9 Å². The van der Waals surface area contributed by atoms with Crippen molar-refractivity contribution < 1.29 is 27.1 Å². The van der Waals surface area contributed by atoms with Crippen molar-refractivity contribution in [1.82, 2.24) is 4.31 Å². The molecule has 1 saturated heterocycles. The first-order chi connectivity index (χ1) is 15.9. The van der Waals surface area contributed by atoms with Crippen LogP contribution >= 0.6 is 0 Å². The number of hydrogen-bond donors (Lipinski definition) is 1. The van der Waals surface area contributed by atoms with Crippen molar-refractivity contribution in [2.24, 2.45) is 0 Å². The third-order valence-corrected chi connectivity index (χ3v) is 6.84. The number of sulfonamides is 1. The van der Waals surface area contributed by atoms with Crippen molar-refractivity contribution in [3.05, 3.63) is 78.3 Å². The monoisotopic (exact) mass is 468 g/mol. The van der Waals surface area contributed by atoms with Crippen LogP contribution in [0.3, 0.4) is 0 Å². The van der Waals surface area contributed by atoms with Gasteiger partial charge in [0.1, 0.15) is 17.3 Å². The van der Waals surface area contributed by atoms with Crippen LogP contribution < -0.4 is 10.1 Å². The Hall–Kier alpha value is -3.40. The predicted octanol–water partition coefficient (Wildman–Crippen LogP) is 4.05. The van der Waals surface area contributed by atoms with E-state index in [0.29, 0.717) is 30.5 Å². The summed E-state index contributed by atoms with van der Waals surface area (Å²) < 4.78 is 44.2. The predicted molar refractivity (Wildman–Crippen MR) is 124 cm³/mol. The summed E-state index contributed by atoms with van der Waals surface area (Å²) in [5.74, 6) is 1.68. The van der Waals surface area contributed by atoms with Crippen LogP contribution in [0.1, 0.15) is 11.5 Å². The van der Waals surface area contributed by atoms with E-state index in [2.05, 4.69) is 5.32 Å². The number of anilines is 1. The first-order valence-corrected chi connectivity index (χ1v) is 11.9. The normalized spacial score (nSPS) is 14.9. The molecule has 0 saturated carbocycles. The number of carbonyl (C=O) groups is 1. The van der Waals surface area contributed by atoms with Crippen LogP contribution in [0.5, 0.6) is 11.5 Å². The molecule has 1 aliphatic rings. The van der Waals surface area contributed by atoms with Crippen molar-refractivity contribution in [1.29, 1.82) is 0 Å². The average Bonchev–Trinajstić information content (AvgIpc) is 3.25. The van der Waals surface area contributed by atoms with Gasteiger partial charge in [-0.25, -0.2) is 8.42 Å². The fourth-order valence-corrected chi connectivity index (χ4v) is 4.72. The zero-order chi connectivity index (χ0) is 23.3. The largest absolute Gasteiger partial charge is 0.462 e. The number of nitrogens with one attached hydrogen (secondary N) is 1. The second kappa shape index (κ2) is 10.0. The Labute approximate surface area is 192 Å². The smallest absolute Gasteiger partial charge is 0.248 e. The number of benzene rings is 2. The summed E-state index contributed by atoms with van der Waals surface area (Å²) in [6.07, 6.45) is 2.85. The highest BCUT2D eigenvalue weighted by atomic mass is 32.2.